The Morgan fingerprint density at radius 3 is 2.41 bits per heavy atom. The van der Waals surface area contributed by atoms with E-state index in [1.54, 1.807) is 6.07 Å². The van der Waals surface area contributed by atoms with E-state index < -0.39 is 17.8 Å². The molecule has 3 heterocycles. The Bertz CT molecular complexity index is 992. The molecule has 2 saturated carbocycles. The van der Waals surface area contributed by atoms with Gasteiger partial charge in [-0.2, -0.15) is 18.3 Å². The monoisotopic (exact) mass is 406 g/mol. The normalized spacial score (nSPS) is 21.0. The van der Waals surface area contributed by atoms with Gasteiger partial charge in [0.25, 0.3) is 5.91 Å². The van der Waals surface area contributed by atoms with Gasteiger partial charge >= 0.3 is 6.18 Å². The maximum absolute atomic E-state index is 13.5. The fourth-order valence-electron chi connectivity index (χ4n) is 4.19. The molecule has 2 amide bonds. The highest BCUT2D eigenvalue weighted by Gasteiger charge is 2.38. The maximum atomic E-state index is 13.5. The minimum Gasteiger partial charge on any atom is -0.336 e. The number of rotatable bonds is 3. The molecule has 1 saturated heterocycles. The maximum Gasteiger partial charge on any atom is 0.433 e. The lowest BCUT2D eigenvalue weighted by atomic mass is 9.91. The Hall–Kier alpha value is -2.58. The summed E-state index contributed by atoms with van der Waals surface area (Å²) < 4.78 is 41.4. The molecule has 6 nitrogen and oxygen atoms in total. The van der Waals surface area contributed by atoms with E-state index in [2.05, 4.69) is 5.10 Å². The number of nitrogens with zero attached hydrogens (tertiary/aromatic N) is 4. The zero-order valence-corrected chi connectivity index (χ0v) is 15.8. The van der Waals surface area contributed by atoms with Crippen LogP contribution in [0.5, 0.6) is 0 Å². The van der Waals surface area contributed by atoms with Crippen molar-refractivity contribution in [2.24, 2.45) is 0 Å². The molecule has 3 fully saturated rings. The average Bonchev–Trinajstić information content (AvgIpc) is 3.38. The highest BCUT2D eigenvalue weighted by Crippen LogP contribution is 2.42. The van der Waals surface area contributed by atoms with Crippen LogP contribution in [0.3, 0.4) is 0 Å². The van der Waals surface area contributed by atoms with Gasteiger partial charge in [0.1, 0.15) is 12.2 Å². The van der Waals surface area contributed by atoms with Gasteiger partial charge < -0.3 is 9.80 Å². The van der Waals surface area contributed by atoms with E-state index in [4.69, 9.17) is 0 Å². The van der Waals surface area contributed by atoms with Gasteiger partial charge in [-0.1, -0.05) is 0 Å². The Labute approximate surface area is 165 Å². The summed E-state index contributed by atoms with van der Waals surface area (Å²) >= 11 is 0. The molecule has 0 aromatic carbocycles. The first kappa shape index (κ1) is 18.4. The summed E-state index contributed by atoms with van der Waals surface area (Å²) in [6.45, 7) is 0.777. The van der Waals surface area contributed by atoms with E-state index in [1.807, 2.05) is 4.90 Å². The number of aromatic nitrogens is 2. The molecule has 9 heteroatoms. The van der Waals surface area contributed by atoms with E-state index in [-0.39, 0.29) is 35.6 Å². The van der Waals surface area contributed by atoms with Gasteiger partial charge in [-0.3, -0.25) is 9.59 Å². The Morgan fingerprint density at radius 1 is 1.07 bits per heavy atom. The standard InChI is InChI=1S/C20H21F3N4O2/c21-20(22,23)17-9-13(12-4-5-12)8-15-10-16(24-27(15)17)19(29)25-6-7-26(18(28)11-25)14-2-1-3-14/h8-10,12,14H,1-7,11H2. The number of carbonyl (C=O) groups is 2. The molecule has 0 radical (unpaired) electrons. The third kappa shape index (κ3) is 3.26. The molecular formula is C20H21F3N4O2. The minimum atomic E-state index is -4.57. The molecule has 2 aromatic rings. The average molecular weight is 406 g/mol. The first-order valence-corrected chi connectivity index (χ1v) is 10.0. The van der Waals surface area contributed by atoms with Crippen LogP contribution in [0, 0.1) is 0 Å². The van der Waals surface area contributed by atoms with Crippen molar-refractivity contribution in [1.82, 2.24) is 19.4 Å². The van der Waals surface area contributed by atoms with Crippen molar-refractivity contribution < 1.29 is 22.8 Å². The number of hydrogen-bond acceptors (Lipinski definition) is 3. The third-order valence-electron chi connectivity index (χ3n) is 6.20. The van der Waals surface area contributed by atoms with Crippen LogP contribution >= 0.6 is 0 Å². The quantitative estimate of drug-likeness (QED) is 0.787. The molecule has 5 rings (SSSR count). The second-order valence-corrected chi connectivity index (χ2v) is 8.21. The van der Waals surface area contributed by atoms with Crippen LogP contribution in [-0.2, 0) is 11.0 Å². The molecule has 0 atom stereocenters. The lowest BCUT2D eigenvalue weighted by Crippen LogP contribution is -2.56. The van der Waals surface area contributed by atoms with Crippen molar-refractivity contribution >= 4 is 17.3 Å². The van der Waals surface area contributed by atoms with E-state index in [9.17, 15) is 22.8 Å². The summed E-state index contributed by atoms with van der Waals surface area (Å²) in [7, 11) is 0. The molecule has 0 unspecified atom stereocenters. The number of pyridine rings is 1. The summed E-state index contributed by atoms with van der Waals surface area (Å²) in [5.74, 6) is -0.464. The van der Waals surface area contributed by atoms with Crippen LogP contribution in [0.2, 0.25) is 0 Å². The fraction of sp³-hybridized carbons (Fsp3) is 0.550. The third-order valence-corrected chi connectivity index (χ3v) is 6.20. The molecule has 0 N–H and O–H groups in total. The van der Waals surface area contributed by atoms with Crippen molar-refractivity contribution in [3.63, 3.8) is 0 Å². The van der Waals surface area contributed by atoms with Crippen molar-refractivity contribution in [2.45, 2.75) is 50.2 Å². The summed E-state index contributed by atoms with van der Waals surface area (Å²) in [5.41, 5.74) is -0.0484. The van der Waals surface area contributed by atoms with Crippen LogP contribution < -0.4 is 0 Å². The zero-order valence-electron chi connectivity index (χ0n) is 15.8. The van der Waals surface area contributed by atoms with E-state index in [0.717, 1.165) is 42.7 Å². The lowest BCUT2D eigenvalue weighted by molar-refractivity contribution is -0.142. The van der Waals surface area contributed by atoms with Gasteiger partial charge in [0, 0.05) is 19.1 Å². The van der Waals surface area contributed by atoms with E-state index in [1.165, 1.54) is 11.0 Å². The SMILES string of the molecule is O=C(c1cc2cc(C3CC3)cc(C(F)(F)F)n2n1)N1CCN(C2CCC2)C(=O)C1. The molecule has 1 aliphatic heterocycles. The molecular weight excluding hydrogens is 385 g/mol. The first-order valence-electron chi connectivity index (χ1n) is 10.0. The second kappa shape index (κ2) is 6.47. The van der Waals surface area contributed by atoms with Gasteiger partial charge in [0.15, 0.2) is 5.69 Å². The second-order valence-electron chi connectivity index (χ2n) is 8.21. The van der Waals surface area contributed by atoms with Gasteiger partial charge in [-0.15, -0.1) is 0 Å². The number of fused-ring (bicyclic) bond motifs is 1. The number of halogens is 3. The number of alkyl halides is 3. The summed E-state index contributed by atoms with van der Waals surface area (Å²) in [4.78, 5) is 28.5. The largest absolute Gasteiger partial charge is 0.433 e. The van der Waals surface area contributed by atoms with Crippen LogP contribution in [-0.4, -0.2) is 56.9 Å². The molecule has 29 heavy (non-hydrogen) atoms. The van der Waals surface area contributed by atoms with Crippen molar-refractivity contribution in [2.75, 3.05) is 19.6 Å². The predicted octanol–water partition coefficient (Wildman–Crippen LogP) is 3.07. The molecule has 2 aliphatic carbocycles. The molecule has 2 aromatic heterocycles. The smallest absolute Gasteiger partial charge is 0.336 e. The van der Waals surface area contributed by atoms with Gasteiger partial charge in [0.05, 0.1) is 5.52 Å². The van der Waals surface area contributed by atoms with Crippen LogP contribution in [0.25, 0.3) is 5.52 Å². The van der Waals surface area contributed by atoms with E-state index in [0.29, 0.717) is 18.7 Å². The highest BCUT2D eigenvalue weighted by atomic mass is 19.4. The number of piperazine rings is 1. The van der Waals surface area contributed by atoms with Crippen LogP contribution in [0.4, 0.5) is 13.2 Å². The molecule has 3 aliphatic rings. The van der Waals surface area contributed by atoms with Crippen molar-refractivity contribution in [3.05, 3.63) is 35.2 Å². The summed E-state index contributed by atoms with van der Waals surface area (Å²) in [5, 5.41) is 3.96. The van der Waals surface area contributed by atoms with Crippen LogP contribution in [0.15, 0.2) is 18.2 Å². The van der Waals surface area contributed by atoms with Gasteiger partial charge in [-0.25, -0.2) is 4.52 Å². The number of hydrogen-bond donors (Lipinski definition) is 0. The Morgan fingerprint density at radius 2 is 1.83 bits per heavy atom. The topological polar surface area (TPSA) is 57.9 Å². The summed E-state index contributed by atoms with van der Waals surface area (Å²) in [6, 6.07) is 4.47. The van der Waals surface area contributed by atoms with Gasteiger partial charge in [0.2, 0.25) is 5.91 Å². The lowest BCUT2D eigenvalue weighted by Gasteiger charge is -2.42. The first-order chi connectivity index (χ1) is 13.8. The zero-order chi connectivity index (χ0) is 20.3. The van der Waals surface area contributed by atoms with Gasteiger partial charge in [-0.05, 0) is 61.8 Å². The highest BCUT2D eigenvalue weighted by molar-refractivity contribution is 5.96. The number of amides is 2. The molecule has 0 bridgehead atoms. The summed E-state index contributed by atoms with van der Waals surface area (Å²) in [6.07, 6.45) is 0.287. The van der Waals surface area contributed by atoms with Crippen molar-refractivity contribution in [1.29, 1.82) is 0 Å². The predicted molar refractivity (Wildman–Crippen MR) is 97.4 cm³/mol. The van der Waals surface area contributed by atoms with Crippen LogP contribution in [0.1, 0.15) is 59.8 Å². The fourth-order valence-corrected chi connectivity index (χ4v) is 4.19. The Balaban J connectivity index is 1.43. The van der Waals surface area contributed by atoms with Crippen molar-refractivity contribution in [3.8, 4) is 0 Å². The molecule has 154 valence electrons. The number of carbonyl (C=O) groups excluding carboxylic acids is 2. The van der Waals surface area contributed by atoms with E-state index >= 15 is 0 Å². The Kier molecular flexibility index (Phi) is 4.11. The minimum absolute atomic E-state index is 0.0529. The molecule has 0 spiro atoms.